The Kier molecular flexibility index (Phi) is 4.55. The van der Waals surface area contributed by atoms with Crippen LogP contribution in [0.15, 0.2) is 12.3 Å². The number of hydrogen-bond acceptors (Lipinski definition) is 4. The maximum absolute atomic E-state index is 5.98. The van der Waals surface area contributed by atoms with Gasteiger partial charge in [-0.15, -0.1) is 0 Å². The van der Waals surface area contributed by atoms with Crippen LogP contribution in [0.4, 0.5) is 5.82 Å². The van der Waals surface area contributed by atoms with Crippen molar-refractivity contribution in [1.29, 1.82) is 0 Å². The second-order valence-corrected chi connectivity index (χ2v) is 4.96. The first kappa shape index (κ1) is 13.3. The molecule has 18 heavy (non-hydrogen) atoms. The van der Waals surface area contributed by atoms with Crippen LogP contribution in [0, 0.1) is 6.92 Å². The van der Waals surface area contributed by atoms with E-state index >= 15 is 0 Å². The van der Waals surface area contributed by atoms with Gasteiger partial charge in [-0.1, -0.05) is 13.0 Å². The molecule has 0 aliphatic carbocycles. The van der Waals surface area contributed by atoms with E-state index in [-0.39, 0.29) is 6.04 Å². The van der Waals surface area contributed by atoms with Crippen molar-refractivity contribution in [2.75, 3.05) is 31.2 Å². The van der Waals surface area contributed by atoms with Gasteiger partial charge in [-0.3, -0.25) is 0 Å². The molecule has 1 aliphatic rings. The summed E-state index contributed by atoms with van der Waals surface area (Å²) in [5.74, 6) is 1.09. The summed E-state index contributed by atoms with van der Waals surface area (Å²) >= 11 is 0. The summed E-state index contributed by atoms with van der Waals surface area (Å²) in [5.41, 5.74) is 8.45. The van der Waals surface area contributed by atoms with E-state index in [2.05, 4.69) is 29.8 Å². The standard InChI is InChI=1S/C14H23N3O/c1-3-13(15)9-12-8-11(2)14(16-10-12)17-4-6-18-7-5-17/h8,10,13H,3-7,9,15H2,1-2H3. The predicted octanol–water partition coefficient (Wildman–Crippen LogP) is 1.51. The highest BCUT2D eigenvalue weighted by Crippen LogP contribution is 2.19. The topological polar surface area (TPSA) is 51.4 Å². The molecule has 0 saturated carbocycles. The molecule has 1 saturated heterocycles. The van der Waals surface area contributed by atoms with Crippen molar-refractivity contribution >= 4 is 5.82 Å². The first-order valence-electron chi connectivity index (χ1n) is 6.74. The van der Waals surface area contributed by atoms with Crippen molar-refractivity contribution in [2.24, 2.45) is 5.73 Å². The van der Waals surface area contributed by atoms with Crippen molar-refractivity contribution in [1.82, 2.24) is 4.98 Å². The lowest BCUT2D eigenvalue weighted by atomic mass is 10.0. The van der Waals surface area contributed by atoms with E-state index in [1.54, 1.807) is 0 Å². The Morgan fingerprint density at radius 1 is 1.44 bits per heavy atom. The van der Waals surface area contributed by atoms with Crippen molar-refractivity contribution < 1.29 is 4.74 Å². The molecule has 1 aliphatic heterocycles. The SMILES string of the molecule is CCC(N)Cc1cnc(N2CCOCC2)c(C)c1. The summed E-state index contributed by atoms with van der Waals surface area (Å²) in [6, 6.07) is 2.45. The molecule has 0 aromatic carbocycles. The number of nitrogens with two attached hydrogens (primary N) is 1. The van der Waals surface area contributed by atoms with Gasteiger partial charge in [0.1, 0.15) is 5.82 Å². The van der Waals surface area contributed by atoms with Crippen molar-refractivity contribution in [3.63, 3.8) is 0 Å². The van der Waals surface area contributed by atoms with E-state index in [0.29, 0.717) is 0 Å². The fourth-order valence-corrected chi connectivity index (χ4v) is 2.29. The predicted molar refractivity (Wildman–Crippen MR) is 74.0 cm³/mol. The molecule has 4 nitrogen and oxygen atoms in total. The summed E-state index contributed by atoms with van der Waals surface area (Å²) in [6.07, 6.45) is 3.88. The van der Waals surface area contributed by atoms with E-state index in [1.165, 1.54) is 11.1 Å². The summed E-state index contributed by atoms with van der Waals surface area (Å²) in [5, 5.41) is 0. The highest BCUT2D eigenvalue weighted by atomic mass is 16.5. The third kappa shape index (κ3) is 3.21. The van der Waals surface area contributed by atoms with Crippen molar-refractivity contribution in [3.05, 3.63) is 23.4 Å². The molecule has 1 aromatic rings. The first-order chi connectivity index (χ1) is 8.70. The molecule has 2 rings (SSSR count). The molecule has 2 heterocycles. The second-order valence-electron chi connectivity index (χ2n) is 4.96. The fourth-order valence-electron chi connectivity index (χ4n) is 2.29. The smallest absolute Gasteiger partial charge is 0.131 e. The molecule has 1 atom stereocenters. The lowest BCUT2D eigenvalue weighted by Gasteiger charge is -2.29. The molecular formula is C14H23N3O. The van der Waals surface area contributed by atoms with E-state index < -0.39 is 0 Å². The van der Waals surface area contributed by atoms with Crippen LogP contribution in [0.5, 0.6) is 0 Å². The quantitative estimate of drug-likeness (QED) is 0.878. The zero-order chi connectivity index (χ0) is 13.0. The van der Waals surface area contributed by atoms with E-state index in [1.807, 2.05) is 6.20 Å². The van der Waals surface area contributed by atoms with E-state index in [0.717, 1.165) is 45.0 Å². The molecule has 1 fully saturated rings. The number of rotatable bonds is 4. The van der Waals surface area contributed by atoms with Crippen LogP contribution >= 0.6 is 0 Å². The Labute approximate surface area is 109 Å². The summed E-state index contributed by atoms with van der Waals surface area (Å²) in [7, 11) is 0. The lowest BCUT2D eigenvalue weighted by molar-refractivity contribution is 0.122. The number of morpholine rings is 1. The Balaban J connectivity index is 2.09. The number of ether oxygens (including phenoxy) is 1. The van der Waals surface area contributed by atoms with Gasteiger partial charge in [-0.05, 0) is 30.9 Å². The Hall–Kier alpha value is -1.13. The largest absolute Gasteiger partial charge is 0.378 e. The fraction of sp³-hybridized carbons (Fsp3) is 0.643. The van der Waals surface area contributed by atoms with Crippen LogP contribution in [0.2, 0.25) is 0 Å². The number of pyridine rings is 1. The second kappa shape index (κ2) is 6.16. The monoisotopic (exact) mass is 249 g/mol. The molecule has 0 radical (unpaired) electrons. The molecule has 1 unspecified atom stereocenters. The van der Waals surface area contributed by atoms with Gasteiger partial charge < -0.3 is 15.4 Å². The van der Waals surface area contributed by atoms with Crippen LogP contribution in [-0.2, 0) is 11.2 Å². The number of hydrogen-bond donors (Lipinski definition) is 1. The Bertz CT molecular complexity index is 389. The highest BCUT2D eigenvalue weighted by molar-refractivity contribution is 5.47. The van der Waals surface area contributed by atoms with Gasteiger partial charge in [0.15, 0.2) is 0 Å². The normalized spacial score (nSPS) is 17.8. The van der Waals surface area contributed by atoms with Crippen molar-refractivity contribution in [3.8, 4) is 0 Å². The summed E-state index contributed by atoms with van der Waals surface area (Å²) in [4.78, 5) is 6.90. The van der Waals surface area contributed by atoms with Crippen LogP contribution in [0.3, 0.4) is 0 Å². The molecule has 0 bridgehead atoms. The lowest BCUT2D eigenvalue weighted by Crippen LogP contribution is -2.37. The van der Waals surface area contributed by atoms with Gasteiger partial charge in [0.2, 0.25) is 0 Å². The number of aromatic nitrogens is 1. The average Bonchev–Trinajstić information content (AvgIpc) is 2.40. The Morgan fingerprint density at radius 2 is 2.17 bits per heavy atom. The van der Waals surface area contributed by atoms with E-state index in [9.17, 15) is 0 Å². The minimum Gasteiger partial charge on any atom is -0.378 e. The minimum absolute atomic E-state index is 0.237. The Morgan fingerprint density at radius 3 is 2.78 bits per heavy atom. The van der Waals surface area contributed by atoms with Gasteiger partial charge in [-0.25, -0.2) is 4.98 Å². The zero-order valence-corrected chi connectivity index (χ0v) is 11.4. The van der Waals surface area contributed by atoms with Crippen LogP contribution in [-0.4, -0.2) is 37.3 Å². The summed E-state index contributed by atoms with van der Waals surface area (Å²) in [6.45, 7) is 7.70. The van der Waals surface area contributed by atoms with Crippen molar-refractivity contribution in [2.45, 2.75) is 32.7 Å². The maximum Gasteiger partial charge on any atom is 0.131 e. The number of aryl methyl sites for hydroxylation is 1. The van der Waals surface area contributed by atoms with Gasteiger partial charge in [0, 0.05) is 25.3 Å². The first-order valence-corrected chi connectivity index (χ1v) is 6.74. The third-order valence-corrected chi connectivity index (χ3v) is 3.44. The molecular weight excluding hydrogens is 226 g/mol. The number of anilines is 1. The van der Waals surface area contributed by atoms with Crippen LogP contribution < -0.4 is 10.6 Å². The zero-order valence-electron chi connectivity index (χ0n) is 11.4. The third-order valence-electron chi connectivity index (χ3n) is 3.44. The molecule has 0 amide bonds. The van der Waals surface area contributed by atoms with Gasteiger partial charge in [-0.2, -0.15) is 0 Å². The maximum atomic E-state index is 5.98. The van der Waals surface area contributed by atoms with E-state index in [4.69, 9.17) is 10.5 Å². The van der Waals surface area contributed by atoms with Crippen LogP contribution in [0.1, 0.15) is 24.5 Å². The molecule has 100 valence electrons. The molecule has 1 aromatic heterocycles. The van der Waals surface area contributed by atoms with Crippen LogP contribution in [0.25, 0.3) is 0 Å². The summed E-state index contributed by atoms with van der Waals surface area (Å²) < 4.78 is 5.37. The van der Waals surface area contributed by atoms with Gasteiger partial charge >= 0.3 is 0 Å². The number of nitrogens with zero attached hydrogens (tertiary/aromatic N) is 2. The average molecular weight is 249 g/mol. The minimum atomic E-state index is 0.237. The van der Waals surface area contributed by atoms with Gasteiger partial charge in [0.05, 0.1) is 13.2 Å². The highest BCUT2D eigenvalue weighted by Gasteiger charge is 2.15. The molecule has 4 heteroatoms. The molecule has 2 N–H and O–H groups in total. The van der Waals surface area contributed by atoms with Gasteiger partial charge in [0.25, 0.3) is 0 Å². The molecule has 0 spiro atoms.